The van der Waals surface area contributed by atoms with Gasteiger partial charge in [0.05, 0.1) is 21.7 Å². The number of methoxy groups -OCH3 is 1. The molecule has 0 fully saturated rings. The number of sulfonamides is 1. The van der Waals surface area contributed by atoms with Crippen molar-refractivity contribution in [3.05, 3.63) is 58.6 Å². The molecule has 154 valence electrons. The molecule has 0 atom stereocenters. The molecule has 0 radical (unpaired) electrons. The first-order chi connectivity index (χ1) is 13.8. The van der Waals surface area contributed by atoms with Crippen LogP contribution in [-0.4, -0.2) is 51.0 Å². The molecular weight excluding hydrogens is 417 g/mol. The fourth-order valence-corrected chi connectivity index (χ4v) is 4.66. The Bertz CT molecular complexity index is 1210. The van der Waals surface area contributed by atoms with Crippen LogP contribution in [0.25, 0.3) is 10.2 Å². The van der Waals surface area contributed by atoms with E-state index in [0.29, 0.717) is 28.2 Å². The van der Waals surface area contributed by atoms with E-state index in [0.717, 1.165) is 4.31 Å². The van der Waals surface area contributed by atoms with Gasteiger partial charge in [0.15, 0.2) is 4.80 Å². The van der Waals surface area contributed by atoms with Crippen molar-refractivity contribution in [2.75, 3.05) is 27.8 Å². The van der Waals surface area contributed by atoms with Gasteiger partial charge in [-0.3, -0.25) is 4.79 Å². The fraction of sp³-hybridized carbons (Fsp3) is 0.263. The minimum absolute atomic E-state index is 0.0816. The number of aromatic nitrogens is 1. The first-order valence-electron chi connectivity index (χ1n) is 8.64. The predicted molar refractivity (Wildman–Crippen MR) is 109 cm³/mol. The maximum absolute atomic E-state index is 14.3. The SMILES string of the molecule is COCCn1c(=NC(=O)c2ccc(S(=O)(=O)N(C)C)cc2)sc2cccc(F)c21. The molecule has 29 heavy (non-hydrogen) atoms. The van der Waals surface area contributed by atoms with Crippen LogP contribution in [0, 0.1) is 5.82 Å². The Balaban J connectivity index is 2.03. The number of carbonyl (C=O) groups excluding carboxylic acids is 1. The minimum atomic E-state index is -3.58. The third kappa shape index (κ3) is 4.30. The standard InChI is InChI=1S/C19H20FN3O4S2/c1-22(2)29(25,26)14-9-7-13(8-10-14)18(24)21-19-23(11-12-27-3)17-15(20)5-4-6-16(17)28-19/h4-10H,11-12H2,1-3H3. The molecule has 3 aromatic rings. The lowest BCUT2D eigenvalue weighted by molar-refractivity contribution is 0.0997. The summed E-state index contributed by atoms with van der Waals surface area (Å²) in [6.45, 7) is 0.669. The largest absolute Gasteiger partial charge is 0.383 e. The van der Waals surface area contributed by atoms with E-state index in [1.165, 1.54) is 62.9 Å². The van der Waals surface area contributed by atoms with E-state index in [1.807, 2.05) is 0 Å². The highest BCUT2D eigenvalue weighted by molar-refractivity contribution is 7.89. The van der Waals surface area contributed by atoms with E-state index in [-0.39, 0.29) is 10.5 Å². The highest BCUT2D eigenvalue weighted by atomic mass is 32.2. The van der Waals surface area contributed by atoms with E-state index in [4.69, 9.17) is 4.74 Å². The summed E-state index contributed by atoms with van der Waals surface area (Å²) < 4.78 is 47.1. The molecule has 0 unspecified atom stereocenters. The van der Waals surface area contributed by atoms with Gasteiger partial charge in [-0.1, -0.05) is 17.4 Å². The number of ether oxygens (including phenoxy) is 1. The Morgan fingerprint density at radius 3 is 2.52 bits per heavy atom. The number of benzene rings is 2. The van der Waals surface area contributed by atoms with Crippen molar-refractivity contribution in [3.63, 3.8) is 0 Å². The van der Waals surface area contributed by atoms with Crippen LogP contribution in [0.4, 0.5) is 4.39 Å². The van der Waals surface area contributed by atoms with Gasteiger partial charge in [-0.2, -0.15) is 4.99 Å². The number of carbonyl (C=O) groups is 1. The van der Waals surface area contributed by atoms with Gasteiger partial charge in [0.2, 0.25) is 10.0 Å². The number of thiazole rings is 1. The average Bonchev–Trinajstić information content (AvgIpc) is 3.04. The van der Waals surface area contributed by atoms with Crippen LogP contribution >= 0.6 is 11.3 Å². The predicted octanol–water partition coefficient (Wildman–Crippen LogP) is 2.48. The number of hydrogen-bond donors (Lipinski definition) is 0. The van der Waals surface area contributed by atoms with Gasteiger partial charge >= 0.3 is 0 Å². The molecule has 0 aliphatic carbocycles. The Labute approximate surface area is 171 Å². The Hall–Kier alpha value is -2.40. The smallest absolute Gasteiger partial charge is 0.279 e. The average molecular weight is 438 g/mol. The maximum atomic E-state index is 14.3. The lowest BCUT2D eigenvalue weighted by Gasteiger charge is -2.11. The van der Waals surface area contributed by atoms with E-state index in [1.54, 1.807) is 16.7 Å². The number of amides is 1. The molecule has 10 heteroatoms. The van der Waals surface area contributed by atoms with Crippen molar-refractivity contribution in [1.29, 1.82) is 0 Å². The molecule has 1 heterocycles. The molecule has 0 spiro atoms. The van der Waals surface area contributed by atoms with Crippen molar-refractivity contribution < 1.29 is 22.3 Å². The van der Waals surface area contributed by atoms with Gasteiger partial charge < -0.3 is 9.30 Å². The zero-order chi connectivity index (χ0) is 21.2. The number of nitrogens with zero attached hydrogens (tertiary/aromatic N) is 3. The summed E-state index contributed by atoms with van der Waals surface area (Å²) in [7, 11) is 0.822. The van der Waals surface area contributed by atoms with Crippen LogP contribution in [0.3, 0.4) is 0 Å². The first kappa shape index (κ1) is 21.3. The van der Waals surface area contributed by atoms with Gasteiger partial charge in [-0.05, 0) is 36.4 Å². The lowest BCUT2D eigenvalue weighted by atomic mass is 10.2. The van der Waals surface area contributed by atoms with Crippen molar-refractivity contribution in [3.8, 4) is 0 Å². The Morgan fingerprint density at radius 2 is 1.90 bits per heavy atom. The molecule has 0 saturated carbocycles. The summed E-state index contributed by atoms with van der Waals surface area (Å²) in [6.07, 6.45) is 0. The highest BCUT2D eigenvalue weighted by Crippen LogP contribution is 2.21. The molecule has 0 saturated heterocycles. The number of halogens is 1. The second-order valence-corrected chi connectivity index (χ2v) is 9.51. The van der Waals surface area contributed by atoms with Crippen molar-refractivity contribution in [2.45, 2.75) is 11.4 Å². The molecule has 3 rings (SSSR count). The Kier molecular flexibility index (Phi) is 6.27. The molecule has 0 N–H and O–H groups in total. The van der Waals surface area contributed by atoms with Gasteiger partial charge in [-0.15, -0.1) is 0 Å². The minimum Gasteiger partial charge on any atom is -0.383 e. The zero-order valence-corrected chi connectivity index (χ0v) is 17.8. The second kappa shape index (κ2) is 8.54. The molecule has 2 aromatic carbocycles. The number of rotatable bonds is 6. The fourth-order valence-electron chi connectivity index (χ4n) is 2.69. The van der Waals surface area contributed by atoms with E-state index in [9.17, 15) is 17.6 Å². The number of para-hydroxylation sites is 1. The molecule has 1 aromatic heterocycles. The third-order valence-electron chi connectivity index (χ3n) is 4.25. The van der Waals surface area contributed by atoms with Crippen LogP contribution in [0.1, 0.15) is 10.4 Å². The topological polar surface area (TPSA) is 81.0 Å². The molecular formula is C19H20FN3O4S2. The maximum Gasteiger partial charge on any atom is 0.279 e. The van der Waals surface area contributed by atoms with Crippen LogP contribution in [-0.2, 0) is 21.3 Å². The van der Waals surface area contributed by atoms with Gasteiger partial charge in [-0.25, -0.2) is 17.1 Å². The normalized spacial score (nSPS) is 12.8. The third-order valence-corrected chi connectivity index (χ3v) is 7.12. The number of fused-ring (bicyclic) bond motifs is 1. The van der Waals surface area contributed by atoms with Crippen LogP contribution in [0.15, 0.2) is 52.4 Å². The molecule has 1 amide bonds. The van der Waals surface area contributed by atoms with Crippen LogP contribution in [0.2, 0.25) is 0 Å². The van der Waals surface area contributed by atoms with Gasteiger partial charge in [0.25, 0.3) is 5.91 Å². The van der Waals surface area contributed by atoms with Crippen molar-refractivity contribution in [2.24, 2.45) is 4.99 Å². The molecule has 0 aliphatic heterocycles. The van der Waals surface area contributed by atoms with Crippen LogP contribution < -0.4 is 4.80 Å². The number of hydrogen-bond acceptors (Lipinski definition) is 5. The zero-order valence-electron chi connectivity index (χ0n) is 16.1. The van der Waals surface area contributed by atoms with E-state index < -0.39 is 21.7 Å². The van der Waals surface area contributed by atoms with Gasteiger partial charge in [0.1, 0.15) is 5.82 Å². The van der Waals surface area contributed by atoms with Crippen LogP contribution in [0.5, 0.6) is 0 Å². The van der Waals surface area contributed by atoms with E-state index in [2.05, 4.69) is 4.99 Å². The summed E-state index contributed by atoms with van der Waals surface area (Å²) >= 11 is 1.20. The van der Waals surface area contributed by atoms with Gasteiger partial charge in [0, 0.05) is 33.3 Å². The molecule has 0 bridgehead atoms. The summed E-state index contributed by atoms with van der Waals surface area (Å²) in [5, 5.41) is 0. The summed E-state index contributed by atoms with van der Waals surface area (Å²) in [4.78, 5) is 17.2. The quantitative estimate of drug-likeness (QED) is 0.593. The summed E-state index contributed by atoms with van der Waals surface area (Å²) in [5.74, 6) is -0.945. The highest BCUT2D eigenvalue weighted by Gasteiger charge is 2.18. The second-order valence-electron chi connectivity index (χ2n) is 6.34. The summed E-state index contributed by atoms with van der Waals surface area (Å²) in [6, 6.07) is 10.3. The monoisotopic (exact) mass is 437 g/mol. The molecule has 0 aliphatic rings. The first-order valence-corrected chi connectivity index (χ1v) is 10.9. The van der Waals surface area contributed by atoms with Crippen molar-refractivity contribution in [1.82, 2.24) is 8.87 Å². The Morgan fingerprint density at radius 1 is 1.21 bits per heavy atom. The van der Waals surface area contributed by atoms with Crippen molar-refractivity contribution >= 4 is 37.5 Å². The van der Waals surface area contributed by atoms with E-state index >= 15 is 0 Å². The summed E-state index contributed by atoms with van der Waals surface area (Å²) in [5.41, 5.74) is 0.604. The molecule has 7 nitrogen and oxygen atoms in total. The lowest BCUT2D eigenvalue weighted by Crippen LogP contribution is -2.22.